The minimum atomic E-state index is -0.228. The highest BCUT2D eigenvalue weighted by Crippen LogP contribution is 2.29. The average Bonchev–Trinajstić information content (AvgIpc) is 2.31. The summed E-state index contributed by atoms with van der Waals surface area (Å²) in [4.78, 5) is 1.08. The molecule has 2 rings (SSSR count). The molecule has 0 spiro atoms. The molecule has 0 unspecified atom stereocenters. The molecule has 0 radical (unpaired) electrons. The summed E-state index contributed by atoms with van der Waals surface area (Å²) in [7, 11) is 0. The van der Waals surface area contributed by atoms with E-state index in [0.717, 1.165) is 10.5 Å². The fourth-order valence-electron chi connectivity index (χ4n) is 1.38. The molecule has 0 nitrogen and oxygen atoms in total. The number of hydrogen-bond acceptors (Lipinski definition) is 1. The summed E-state index contributed by atoms with van der Waals surface area (Å²) in [6.45, 7) is 0. The molecule has 0 aromatic heterocycles. The molecule has 17 heavy (non-hydrogen) atoms. The lowest BCUT2D eigenvalue weighted by Crippen LogP contribution is -1.86. The van der Waals surface area contributed by atoms with Crippen LogP contribution in [-0.4, -0.2) is 0 Å². The average molecular weight is 332 g/mol. The molecule has 2 aromatic rings. The van der Waals surface area contributed by atoms with Crippen LogP contribution in [0.15, 0.2) is 51.8 Å². The van der Waals surface area contributed by atoms with Gasteiger partial charge in [0.25, 0.3) is 0 Å². The number of thioether (sulfide) groups is 1. The van der Waals surface area contributed by atoms with Gasteiger partial charge in [0.05, 0.1) is 4.47 Å². The van der Waals surface area contributed by atoms with E-state index in [4.69, 9.17) is 11.6 Å². The summed E-state index contributed by atoms with van der Waals surface area (Å²) in [5, 5.41) is 0.716. The molecule has 0 bridgehead atoms. The molecular formula is C13H9BrClFS. The van der Waals surface area contributed by atoms with Crippen molar-refractivity contribution in [2.45, 2.75) is 10.6 Å². The van der Waals surface area contributed by atoms with Gasteiger partial charge in [-0.25, -0.2) is 4.39 Å². The Kier molecular flexibility index (Phi) is 4.48. The fourth-order valence-corrected chi connectivity index (χ4v) is 3.17. The lowest BCUT2D eigenvalue weighted by molar-refractivity contribution is 0.619. The summed E-state index contributed by atoms with van der Waals surface area (Å²) < 4.78 is 13.8. The van der Waals surface area contributed by atoms with Crippen LogP contribution in [0.3, 0.4) is 0 Å². The number of benzene rings is 2. The monoisotopic (exact) mass is 330 g/mol. The highest BCUT2D eigenvalue weighted by molar-refractivity contribution is 9.10. The molecule has 0 aliphatic carbocycles. The van der Waals surface area contributed by atoms with Gasteiger partial charge in [-0.3, -0.25) is 0 Å². The Morgan fingerprint density at radius 2 is 1.94 bits per heavy atom. The third-order valence-electron chi connectivity index (χ3n) is 2.22. The Bertz CT molecular complexity index is 531. The molecule has 88 valence electrons. The second-order valence-corrected chi connectivity index (χ2v) is 5.74. The second-order valence-electron chi connectivity index (χ2n) is 3.46. The van der Waals surface area contributed by atoms with Gasteiger partial charge in [0.2, 0.25) is 0 Å². The van der Waals surface area contributed by atoms with Crippen LogP contribution in [0.5, 0.6) is 0 Å². The number of halogens is 3. The van der Waals surface area contributed by atoms with Crippen LogP contribution in [0.4, 0.5) is 4.39 Å². The van der Waals surface area contributed by atoms with Crippen molar-refractivity contribution in [2.75, 3.05) is 0 Å². The summed E-state index contributed by atoms with van der Waals surface area (Å²) in [5.74, 6) is 0.479. The lowest BCUT2D eigenvalue weighted by Gasteiger charge is -2.05. The van der Waals surface area contributed by atoms with Gasteiger partial charge in [-0.05, 0) is 45.8 Å². The van der Waals surface area contributed by atoms with E-state index in [-0.39, 0.29) is 5.82 Å². The van der Waals surface area contributed by atoms with E-state index >= 15 is 0 Å². The quantitative estimate of drug-likeness (QED) is 0.666. The molecule has 0 saturated heterocycles. The van der Waals surface area contributed by atoms with Crippen molar-refractivity contribution in [2.24, 2.45) is 0 Å². The Morgan fingerprint density at radius 3 is 2.71 bits per heavy atom. The number of rotatable bonds is 3. The van der Waals surface area contributed by atoms with E-state index in [9.17, 15) is 4.39 Å². The predicted molar refractivity (Wildman–Crippen MR) is 75.1 cm³/mol. The van der Waals surface area contributed by atoms with E-state index in [1.165, 1.54) is 6.07 Å². The fraction of sp³-hybridized carbons (Fsp3) is 0.0769. The van der Waals surface area contributed by atoms with Crippen molar-refractivity contribution in [3.05, 3.63) is 63.3 Å². The largest absolute Gasteiger partial charge is 0.206 e. The zero-order valence-electron chi connectivity index (χ0n) is 8.79. The highest BCUT2D eigenvalue weighted by atomic mass is 79.9. The Morgan fingerprint density at radius 1 is 1.18 bits per heavy atom. The molecule has 0 heterocycles. The topological polar surface area (TPSA) is 0 Å². The summed E-state index contributed by atoms with van der Waals surface area (Å²) in [6.07, 6.45) is 0. The van der Waals surface area contributed by atoms with E-state index in [1.54, 1.807) is 17.8 Å². The first-order valence-electron chi connectivity index (χ1n) is 4.98. The van der Waals surface area contributed by atoms with E-state index < -0.39 is 0 Å². The molecule has 0 fully saturated rings. The van der Waals surface area contributed by atoms with Gasteiger partial charge < -0.3 is 0 Å². The maximum Gasteiger partial charge on any atom is 0.137 e. The van der Waals surface area contributed by atoms with Crippen molar-refractivity contribution in [3.8, 4) is 0 Å². The van der Waals surface area contributed by atoms with Crippen LogP contribution in [0.2, 0.25) is 5.02 Å². The lowest BCUT2D eigenvalue weighted by atomic mass is 10.2. The molecule has 4 heteroatoms. The SMILES string of the molecule is Fc1cccc(CSc2cccc(Cl)c2)c1Br. The maximum absolute atomic E-state index is 13.3. The predicted octanol–water partition coefficient (Wildman–Crippen LogP) is 5.53. The molecule has 0 amide bonds. The maximum atomic E-state index is 13.3. The van der Waals surface area contributed by atoms with Gasteiger partial charge >= 0.3 is 0 Å². The van der Waals surface area contributed by atoms with Crippen molar-refractivity contribution in [1.29, 1.82) is 0 Å². The van der Waals surface area contributed by atoms with Crippen LogP contribution in [0.1, 0.15) is 5.56 Å². The van der Waals surface area contributed by atoms with E-state index in [2.05, 4.69) is 15.9 Å². The molecule has 0 N–H and O–H groups in total. The van der Waals surface area contributed by atoms with Crippen LogP contribution >= 0.6 is 39.3 Å². The molecule has 2 aromatic carbocycles. The van der Waals surface area contributed by atoms with Crippen LogP contribution in [-0.2, 0) is 5.75 Å². The normalized spacial score (nSPS) is 10.5. The Balaban J connectivity index is 2.10. The summed E-state index contributed by atoms with van der Waals surface area (Å²) in [5.41, 5.74) is 0.940. The molecule has 0 atom stereocenters. The summed E-state index contributed by atoms with van der Waals surface area (Å²) >= 11 is 10.8. The minimum Gasteiger partial charge on any atom is -0.206 e. The smallest absolute Gasteiger partial charge is 0.137 e. The first kappa shape index (κ1) is 12.9. The third-order valence-corrected chi connectivity index (χ3v) is 4.39. The Labute approximate surface area is 117 Å². The number of hydrogen-bond donors (Lipinski definition) is 0. The third kappa shape index (κ3) is 3.47. The van der Waals surface area contributed by atoms with Crippen LogP contribution in [0.25, 0.3) is 0 Å². The highest BCUT2D eigenvalue weighted by Gasteiger charge is 2.05. The first-order chi connectivity index (χ1) is 8.16. The van der Waals surface area contributed by atoms with Crippen molar-refractivity contribution >= 4 is 39.3 Å². The van der Waals surface area contributed by atoms with Gasteiger partial charge in [-0.1, -0.05) is 29.8 Å². The van der Waals surface area contributed by atoms with Crippen LogP contribution < -0.4 is 0 Å². The van der Waals surface area contributed by atoms with Crippen LogP contribution in [0, 0.1) is 5.82 Å². The molecular weight excluding hydrogens is 323 g/mol. The standard InChI is InChI=1S/C13H9BrClFS/c14-13-9(3-1-6-12(13)16)8-17-11-5-2-4-10(15)7-11/h1-7H,8H2. The first-order valence-corrected chi connectivity index (χ1v) is 7.14. The Hall–Kier alpha value is -0.510. The zero-order chi connectivity index (χ0) is 12.3. The van der Waals surface area contributed by atoms with E-state index in [0.29, 0.717) is 15.2 Å². The molecule has 0 aliphatic rings. The minimum absolute atomic E-state index is 0.228. The van der Waals surface area contributed by atoms with Gasteiger partial charge in [0.15, 0.2) is 0 Å². The van der Waals surface area contributed by atoms with Gasteiger partial charge in [0.1, 0.15) is 5.82 Å². The van der Waals surface area contributed by atoms with Crippen molar-refractivity contribution in [1.82, 2.24) is 0 Å². The van der Waals surface area contributed by atoms with Gasteiger partial charge in [-0.2, -0.15) is 0 Å². The van der Waals surface area contributed by atoms with Crippen molar-refractivity contribution in [3.63, 3.8) is 0 Å². The van der Waals surface area contributed by atoms with Gasteiger partial charge in [-0.15, -0.1) is 11.8 Å². The zero-order valence-corrected chi connectivity index (χ0v) is 11.9. The van der Waals surface area contributed by atoms with Gasteiger partial charge in [0, 0.05) is 15.7 Å². The molecule has 0 aliphatic heterocycles. The summed E-state index contributed by atoms with van der Waals surface area (Å²) in [6, 6.07) is 12.7. The van der Waals surface area contributed by atoms with Crippen molar-refractivity contribution < 1.29 is 4.39 Å². The van der Waals surface area contributed by atoms with E-state index in [1.807, 2.05) is 30.3 Å². The second kappa shape index (κ2) is 5.89. The molecule has 0 saturated carbocycles.